The summed E-state index contributed by atoms with van der Waals surface area (Å²) in [6.45, 7) is 4.02. The number of hydrogen-bond acceptors (Lipinski definition) is 3. The highest BCUT2D eigenvalue weighted by Crippen LogP contribution is 2.18. The van der Waals surface area contributed by atoms with Crippen LogP contribution in [0.2, 0.25) is 0 Å². The molecule has 0 bridgehead atoms. The summed E-state index contributed by atoms with van der Waals surface area (Å²) in [5.74, 6) is 0.837. The fraction of sp³-hybridized carbons (Fsp3) is 0.188. The Morgan fingerprint density at radius 3 is 2.50 bits per heavy atom. The minimum absolute atomic E-state index is 0.143. The van der Waals surface area contributed by atoms with Crippen LogP contribution in [-0.4, -0.2) is 12.3 Å². The molecular formula is C16H17BrN2O. The van der Waals surface area contributed by atoms with Gasteiger partial charge in [0, 0.05) is 10.0 Å². The number of hydrazone groups is 1. The third kappa shape index (κ3) is 4.38. The van der Waals surface area contributed by atoms with Crippen LogP contribution in [0.15, 0.2) is 58.1 Å². The molecule has 0 fully saturated rings. The second-order valence-corrected chi connectivity index (χ2v) is 5.50. The van der Waals surface area contributed by atoms with Crippen molar-refractivity contribution >= 4 is 27.8 Å². The molecule has 0 unspecified atom stereocenters. The summed E-state index contributed by atoms with van der Waals surface area (Å²) in [4.78, 5) is 0. The zero-order valence-electron chi connectivity index (χ0n) is 11.5. The first-order valence-corrected chi connectivity index (χ1v) is 7.25. The van der Waals surface area contributed by atoms with E-state index < -0.39 is 0 Å². The highest BCUT2D eigenvalue weighted by molar-refractivity contribution is 9.10. The first-order valence-electron chi connectivity index (χ1n) is 6.45. The zero-order valence-corrected chi connectivity index (χ0v) is 13.1. The molecule has 0 heterocycles. The molecule has 20 heavy (non-hydrogen) atoms. The van der Waals surface area contributed by atoms with Crippen LogP contribution >= 0.6 is 15.9 Å². The molecule has 0 atom stereocenters. The van der Waals surface area contributed by atoms with Crippen molar-refractivity contribution in [2.75, 3.05) is 5.43 Å². The van der Waals surface area contributed by atoms with Gasteiger partial charge in [-0.05, 0) is 50.2 Å². The third-order valence-corrected chi connectivity index (χ3v) is 3.05. The number of rotatable bonds is 5. The van der Waals surface area contributed by atoms with Gasteiger partial charge in [-0.1, -0.05) is 28.1 Å². The Hall–Kier alpha value is -1.81. The van der Waals surface area contributed by atoms with E-state index in [1.807, 2.05) is 62.4 Å². The summed E-state index contributed by atoms with van der Waals surface area (Å²) in [5, 5.41) is 4.24. The van der Waals surface area contributed by atoms with Crippen LogP contribution < -0.4 is 10.2 Å². The van der Waals surface area contributed by atoms with Crippen LogP contribution in [0.5, 0.6) is 5.75 Å². The van der Waals surface area contributed by atoms with Crippen LogP contribution in [0.1, 0.15) is 19.4 Å². The predicted octanol–water partition coefficient (Wildman–Crippen LogP) is 4.68. The van der Waals surface area contributed by atoms with Crippen molar-refractivity contribution in [3.63, 3.8) is 0 Å². The normalized spacial score (nSPS) is 11.0. The first kappa shape index (κ1) is 14.6. The summed E-state index contributed by atoms with van der Waals surface area (Å²) in [6.07, 6.45) is 1.91. The van der Waals surface area contributed by atoms with Crippen LogP contribution in [0, 0.1) is 0 Å². The Morgan fingerprint density at radius 2 is 1.80 bits per heavy atom. The van der Waals surface area contributed by atoms with Crippen molar-refractivity contribution in [3.8, 4) is 5.75 Å². The molecule has 0 aliphatic rings. The Kier molecular flexibility index (Phi) is 5.18. The van der Waals surface area contributed by atoms with E-state index in [-0.39, 0.29) is 6.10 Å². The van der Waals surface area contributed by atoms with E-state index >= 15 is 0 Å². The van der Waals surface area contributed by atoms with E-state index in [0.29, 0.717) is 0 Å². The van der Waals surface area contributed by atoms with E-state index in [1.54, 1.807) is 6.21 Å². The average Bonchev–Trinajstić information content (AvgIpc) is 2.42. The zero-order chi connectivity index (χ0) is 14.4. The van der Waals surface area contributed by atoms with Crippen LogP contribution in [0.25, 0.3) is 0 Å². The van der Waals surface area contributed by atoms with Gasteiger partial charge in [0.15, 0.2) is 0 Å². The van der Waals surface area contributed by atoms with Crippen molar-refractivity contribution in [1.82, 2.24) is 0 Å². The second kappa shape index (κ2) is 7.10. The third-order valence-electron chi connectivity index (χ3n) is 2.52. The lowest BCUT2D eigenvalue weighted by Crippen LogP contribution is -2.07. The molecule has 0 aliphatic heterocycles. The van der Waals surface area contributed by atoms with E-state index in [2.05, 4.69) is 26.5 Å². The summed E-state index contributed by atoms with van der Waals surface area (Å²) >= 11 is 3.40. The van der Waals surface area contributed by atoms with Gasteiger partial charge in [-0.15, -0.1) is 0 Å². The predicted molar refractivity (Wildman–Crippen MR) is 87.6 cm³/mol. The fourth-order valence-corrected chi connectivity index (χ4v) is 1.91. The molecule has 0 saturated heterocycles. The number of benzene rings is 2. The van der Waals surface area contributed by atoms with Crippen molar-refractivity contribution in [3.05, 3.63) is 58.6 Å². The maximum Gasteiger partial charge on any atom is 0.128 e. The van der Waals surface area contributed by atoms with Crippen molar-refractivity contribution in [2.24, 2.45) is 5.10 Å². The Bertz CT molecular complexity index is 579. The largest absolute Gasteiger partial charge is 0.490 e. The fourth-order valence-electron chi connectivity index (χ4n) is 1.65. The molecule has 2 aromatic carbocycles. The smallest absolute Gasteiger partial charge is 0.128 e. The number of nitrogens with one attached hydrogen (secondary N) is 1. The van der Waals surface area contributed by atoms with Gasteiger partial charge < -0.3 is 4.74 Å². The van der Waals surface area contributed by atoms with Crippen LogP contribution in [0.3, 0.4) is 0 Å². The molecule has 4 heteroatoms. The maximum atomic E-state index is 5.74. The molecule has 0 spiro atoms. The van der Waals surface area contributed by atoms with Gasteiger partial charge in [-0.2, -0.15) is 5.10 Å². The van der Waals surface area contributed by atoms with E-state index in [0.717, 1.165) is 21.5 Å². The Labute approximate surface area is 127 Å². The Balaban J connectivity index is 2.05. The molecule has 0 amide bonds. The lowest BCUT2D eigenvalue weighted by Gasteiger charge is -2.11. The Morgan fingerprint density at radius 1 is 1.10 bits per heavy atom. The topological polar surface area (TPSA) is 33.6 Å². The lowest BCUT2D eigenvalue weighted by molar-refractivity contribution is 0.242. The second-order valence-electron chi connectivity index (χ2n) is 4.58. The minimum Gasteiger partial charge on any atom is -0.490 e. The molecular weight excluding hydrogens is 316 g/mol. The molecule has 2 rings (SSSR count). The first-order chi connectivity index (χ1) is 9.65. The molecule has 0 aromatic heterocycles. The number of halogens is 1. The van der Waals surface area contributed by atoms with Gasteiger partial charge in [-0.25, -0.2) is 0 Å². The van der Waals surface area contributed by atoms with Gasteiger partial charge in [0.25, 0.3) is 0 Å². The molecule has 3 nitrogen and oxygen atoms in total. The van der Waals surface area contributed by atoms with Crippen molar-refractivity contribution < 1.29 is 4.74 Å². The summed E-state index contributed by atoms with van der Waals surface area (Å²) < 4.78 is 6.78. The van der Waals surface area contributed by atoms with Gasteiger partial charge in [0.05, 0.1) is 18.0 Å². The van der Waals surface area contributed by atoms with Crippen molar-refractivity contribution in [2.45, 2.75) is 20.0 Å². The van der Waals surface area contributed by atoms with E-state index in [4.69, 9.17) is 4.74 Å². The SMILES string of the molecule is CC(C)Oc1ccccc1/C=N\Nc1ccc(Br)cc1. The number of ether oxygens (including phenoxy) is 1. The molecule has 0 radical (unpaired) electrons. The molecule has 104 valence electrons. The van der Waals surface area contributed by atoms with Gasteiger partial charge in [-0.3, -0.25) is 5.43 Å². The number of nitrogens with zero attached hydrogens (tertiary/aromatic N) is 1. The maximum absolute atomic E-state index is 5.74. The minimum atomic E-state index is 0.143. The molecule has 0 aliphatic carbocycles. The highest BCUT2D eigenvalue weighted by atomic mass is 79.9. The standard InChI is InChI=1S/C16H17BrN2O/c1-12(2)20-16-6-4-3-5-13(16)11-18-19-15-9-7-14(17)8-10-15/h3-12,19H,1-2H3/b18-11-. The summed E-state index contributed by atoms with van der Waals surface area (Å²) in [6, 6.07) is 15.7. The quantitative estimate of drug-likeness (QED) is 0.636. The lowest BCUT2D eigenvalue weighted by atomic mass is 10.2. The number of hydrogen-bond donors (Lipinski definition) is 1. The number of para-hydroxylation sites is 1. The average molecular weight is 333 g/mol. The summed E-state index contributed by atoms with van der Waals surface area (Å²) in [7, 11) is 0. The molecule has 2 aromatic rings. The van der Waals surface area contributed by atoms with Gasteiger partial charge in [0.2, 0.25) is 0 Å². The van der Waals surface area contributed by atoms with Crippen LogP contribution in [-0.2, 0) is 0 Å². The van der Waals surface area contributed by atoms with Crippen LogP contribution in [0.4, 0.5) is 5.69 Å². The van der Waals surface area contributed by atoms with E-state index in [1.165, 1.54) is 0 Å². The van der Waals surface area contributed by atoms with Gasteiger partial charge >= 0.3 is 0 Å². The number of anilines is 1. The summed E-state index contributed by atoms with van der Waals surface area (Å²) in [5.41, 5.74) is 4.88. The van der Waals surface area contributed by atoms with Gasteiger partial charge in [0.1, 0.15) is 5.75 Å². The van der Waals surface area contributed by atoms with Crippen molar-refractivity contribution in [1.29, 1.82) is 0 Å². The molecule has 1 N–H and O–H groups in total. The monoisotopic (exact) mass is 332 g/mol. The van der Waals surface area contributed by atoms with E-state index in [9.17, 15) is 0 Å². The highest BCUT2D eigenvalue weighted by Gasteiger charge is 2.02. The molecule has 0 saturated carbocycles.